The summed E-state index contributed by atoms with van der Waals surface area (Å²) in [5.74, 6) is 2.59. The van der Waals surface area contributed by atoms with E-state index in [0.29, 0.717) is 6.79 Å². The van der Waals surface area contributed by atoms with E-state index in [1.807, 2.05) is 32.2 Å². The molecule has 0 unspecified atom stereocenters. The number of ether oxygens (including phenoxy) is 2. The van der Waals surface area contributed by atoms with Crippen LogP contribution in [0.5, 0.6) is 11.5 Å². The lowest BCUT2D eigenvalue weighted by Crippen LogP contribution is -2.11. The second-order valence-electron chi connectivity index (χ2n) is 4.58. The minimum Gasteiger partial charge on any atom is -0.454 e. The first-order valence-corrected chi connectivity index (χ1v) is 6.38. The zero-order valence-electron chi connectivity index (χ0n) is 11.1. The highest BCUT2D eigenvalue weighted by molar-refractivity contribution is 5.66. The predicted molar refractivity (Wildman–Crippen MR) is 72.5 cm³/mol. The van der Waals surface area contributed by atoms with Gasteiger partial charge in [0, 0.05) is 24.2 Å². The molecule has 1 aliphatic heterocycles. The summed E-state index contributed by atoms with van der Waals surface area (Å²) in [5, 5.41) is 3.12. The number of benzene rings is 1. The highest BCUT2D eigenvalue weighted by Gasteiger charge is 2.16. The molecule has 0 spiro atoms. The third-order valence-electron chi connectivity index (χ3n) is 3.19. The molecular weight excluding hydrogens is 242 g/mol. The molecule has 2 N–H and O–H groups in total. The van der Waals surface area contributed by atoms with Crippen molar-refractivity contribution in [2.24, 2.45) is 0 Å². The lowest BCUT2D eigenvalue weighted by molar-refractivity contribution is 0.174. The molecule has 5 heteroatoms. The Morgan fingerprint density at radius 3 is 3.00 bits per heavy atom. The SMILES string of the molecule is CNCCc1nc(-c2ccc3c(c2)OCO3)c(C)[nH]1. The number of aromatic nitrogens is 2. The average Bonchev–Trinajstić information content (AvgIpc) is 3.01. The number of hydrogen-bond donors (Lipinski definition) is 2. The van der Waals surface area contributed by atoms with Gasteiger partial charge in [0.1, 0.15) is 5.82 Å². The summed E-state index contributed by atoms with van der Waals surface area (Å²) in [4.78, 5) is 7.97. The van der Waals surface area contributed by atoms with E-state index in [9.17, 15) is 0 Å². The fraction of sp³-hybridized carbons (Fsp3) is 0.357. The molecule has 2 aromatic rings. The smallest absolute Gasteiger partial charge is 0.231 e. The van der Waals surface area contributed by atoms with Crippen molar-refractivity contribution in [1.82, 2.24) is 15.3 Å². The zero-order valence-corrected chi connectivity index (χ0v) is 11.1. The second kappa shape index (κ2) is 4.93. The Kier molecular flexibility index (Phi) is 3.13. The quantitative estimate of drug-likeness (QED) is 0.880. The van der Waals surface area contributed by atoms with Crippen LogP contribution in [0.4, 0.5) is 0 Å². The number of rotatable bonds is 4. The third kappa shape index (κ3) is 2.29. The van der Waals surface area contributed by atoms with Crippen LogP contribution >= 0.6 is 0 Å². The van der Waals surface area contributed by atoms with Crippen molar-refractivity contribution in [1.29, 1.82) is 0 Å². The van der Waals surface area contributed by atoms with Crippen LogP contribution in [-0.2, 0) is 6.42 Å². The number of fused-ring (bicyclic) bond motifs is 1. The van der Waals surface area contributed by atoms with Crippen molar-refractivity contribution in [3.63, 3.8) is 0 Å². The molecule has 3 rings (SSSR count). The summed E-state index contributed by atoms with van der Waals surface area (Å²) in [5.41, 5.74) is 3.10. The van der Waals surface area contributed by atoms with Crippen LogP contribution in [0.1, 0.15) is 11.5 Å². The lowest BCUT2D eigenvalue weighted by atomic mass is 10.1. The Hall–Kier alpha value is -2.01. The summed E-state index contributed by atoms with van der Waals surface area (Å²) in [7, 11) is 1.94. The van der Waals surface area contributed by atoms with Crippen LogP contribution in [0.3, 0.4) is 0 Å². The largest absolute Gasteiger partial charge is 0.454 e. The van der Waals surface area contributed by atoms with E-state index in [4.69, 9.17) is 9.47 Å². The normalized spacial score (nSPS) is 12.9. The second-order valence-corrected chi connectivity index (χ2v) is 4.58. The zero-order chi connectivity index (χ0) is 13.2. The van der Waals surface area contributed by atoms with Gasteiger partial charge in [0.2, 0.25) is 6.79 Å². The molecule has 0 fully saturated rings. The number of H-pyrrole nitrogens is 1. The lowest BCUT2D eigenvalue weighted by Gasteiger charge is -2.01. The molecule has 5 nitrogen and oxygen atoms in total. The van der Waals surface area contributed by atoms with E-state index in [-0.39, 0.29) is 0 Å². The number of aromatic amines is 1. The highest BCUT2D eigenvalue weighted by atomic mass is 16.7. The van der Waals surface area contributed by atoms with Gasteiger partial charge in [-0.2, -0.15) is 0 Å². The van der Waals surface area contributed by atoms with Crippen LogP contribution in [0.25, 0.3) is 11.3 Å². The Balaban J connectivity index is 1.91. The van der Waals surface area contributed by atoms with Gasteiger partial charge in [0.15, 0.2) is 11.5 Å². The van der Waals surface area contributed by atoms with Gasteiger partial charge in [0.05, 0.1) is 5.69 Å². The van der Waals surface area contributed by atoms with Crippen molar-refractivity contribution >= 4 is 0 Å². The van der Waals surface area contributed by atoms with E-state index in [2.05, 4.69) is 15.3 Å². The summed E-state index contributed by atoms with van der Waals surface area (Å²) in [6.45, 7) is 3.25. The summed E-state index contributed by atoms with van der Waals surface area (Å²) in [6, 6.07) is 5.92. The van der Waals surface area contributed by atoms with Gasteiger partial charge in [-0.1, -0.05) is 0 Å². The summed E-state index contributed by atoms with van der Waals surface area (Å²) in [6.07, 6.45) is 0.891. The molecule has 0 saturated heterocycles. The van der Waals surface area contributed by atoms with Gasteiger partial charge in [-0.15, -0.1) is 0 Å². The maximum atomic E-state index is 5.40. The van der Waals surface area contributed by atoms with Crippen molar-refractivity contribution < 1.29 is 9.47 Å². The molecule has 0 atom stereocenters. The van der Waals surface area contributed by atoms with E-state index in [0.717, 1.165) is 47.2 Å². The molecule has 0 aliphatic carbocycles. The number of aryl methyl sites for hydroxylation is 1. The highest BCUT2D eigenvalue weighted by Crippen LogP contribution is 2.36. The summed E-state index contributed by atoms with van der Waals surface area (Å²) < 4.78 is 10.7. The molecule has 19 heavy (non-hydrogen) atoms. The monoisotopic (exact) mass is 259 g/mol. The fourth-order valence-corrected chi connectivity index (χ4v) is 2.21. The number of likely N-dealkylation sites (N-methyl/N-ethyl adjacent to an activating group) is 1. The van der Waals surface area contributed by atoms with Gasteiger partial charge in [-0.05, 0) is 32.2 Å². The molecule has 1 aromatic heterocycles. The average molecular weight is 259 g/mol. The maximum absolute atomic E-state index is 5.40. The standard InChI is InChI=1S/C14H17N3O2/c1-9-14(17-13(16-9)5-6-15-2)10-3-4-11-12(7-10)19-8-18-11/h3-4,7,15H,5-6,8H2,1-2H3,(H,16,17). The molecule has 0 bridgehead atoms. The Labute approximate surface area is 112 Å². The number of hydrogen-bond acceptors (Lipinski definition) is 4. The van der Waals surface area contributed by atoms with E-state index < -0.39 is 0 Å². The van der Waals surface area contributed by atoms with Crippen LogP contribution in [0, 0.1) is 6.92 Å². The molecule has 100 valence electrons. The molecule has 0 saturated carbocycles. The van der Waals surface area contributed by atoms with Gasteiger partial charge >= 0.3 is 0 Å². The molecule has 2 heterocycles. The number of nitrogens with zero attached hydrogens (tertiary/aromatic N) is 1. The Bertz CT molecular complexity index is 592. The van der Waals surface area contributed by atoms with Crippen LogP contribution in [0.2, 0.25) is 0 Å². The first-order chi connectivity index (χ1) is 9.28. The predicted octanol–water partition coefficient (Wildman–Crippen LogP) is 1.88. The van der Waals surface area contributed by atoms with Crippen molar-refractivity contribution in [3.05, 3.63) is 29.7 Å². The number of nitrogens with one attached hydrogen (secondary N) is 2. The molecule has 0 amide bonds. The Morgan fingerprint density at radius 1 is 1.32 bits per heavy atom. The van der Waals surface area contributed by atoms with Gasteiger partial charge in [-0.3, -0.25) is 0 Å². The molecule has 1 aromatic carbocycles. The van der Waals surface area contributed by atoms with Crippen molar-refractivity contribution in [2.45, 2.75) is 13.3 Å². The number of imidazole rings is 1. The van der Waals surface area contributed by atoms with Crippen LogP contribution in [0.15, 0.2) is 18.2 Å². The Morgan fingerprint density at radius 2 is 2.16 bits per heavy atom. The van der Waals surface area contributed by atoms with Crippen molar-refractivity contribution in [3.8, 4) is 22.8 Å². The maximum Gasteiger partial charge on any atom is 0.231 e. The third-order valence-corrected chi connectivity index (χ3v) is 3.19. The first kappa shape index (κ1) is 12.0. The fourth-order valence-electron chi connectivity index (χ4n) is 2.21. The van der Waals surface area contributed by atoms with Gasteiger partial charge in [-0.25, -0.2) is 4.98 Å². The van der Waals surface area contributed by atoms with E-state index >= 15 is 0 Å². The van der Waals surface area contributed by atoms with Crippen LogP contribution < -0.4 is 14.8 Å². The minimum atomic E-state index is 0.297. The van der Waals surface area contributed by atoms with Crippen LogP contribution in [-0.4, -0.2) is 30.4 Å². The van der Waals surface area contributed by atoms with E-state index in [1.54, 1.807) is 0 Å². The molecular formula is C14H17N3O2. The molecule has 0 radical (unpaired) electrons. The summed E-state index contributed by atoms with van der Waals surface area (Å²) >= 11 is 0. The van der Waals surface area contributed by atoms with Crippen molar-refractivity contribution in [2.75, 3.05) is 20.4 Å². The topological polar surface area (TPSA) is 59.2 Å². The molecule has 1 aliphatic rings. The van der Waals surface area contributed by atoms with Gasteiger partial charge < -0.3 is 19.8 Å². The van der Waals surface area contributed by atoms with E-state index in [1.165, 1.54) is 0 Å². The van der Waals surface area contributed by atoms with Gasteiger partial charge in [0.25, 0.3) is 0 Å². The minimum absolute atomic E-state index is 0.297. The first-order valence-electron chi connectivity index (χ1n) is 6.38.